The normalized spacial score (nSPS) is 23.1. The number of hydrogen-bond donors (Lipinski definition) is 0. The Bertz CT molecular complexity index is 991. The van der Waals surface area contributed by atoms with Crippen LogP contribution in [-0.2, 0) is 18.9 Å². The maximum atomic E-state index is 12.8. The fraction of sp³-hybridized carbons (Fsp3) is 0.360. The smallest absolute Gasteiger partial charge is 0.338 e. The predicted octanol–water partition coefficient (Wildman–Crippen LogP) is 6.25. The molecule has 0 radical (unpaired) electrons. The minimum Gasteiger partial charge on any atom is -0.461 e. The molecule has 0 bridgehead atoms. The van der Waals surface area contributed by atoms with Crippen molar-refractivity contribution >= 4 is 46.7 Å². The van der Waals surface area contributed by atoms with Crippen LogP contribution in [-0.4, -0.2) is 40.3 Å². The highest BCUT2D eigenvalue weighted by molar-refractivity contribution is 6.69. The summed E-state index contributed by atoms with van der Waals surface area (Å²) in [5.41, 5.74) is 0.749. The zero-order valence-corrected chi connectivity index (χ0v) is 20.9. The number of rotatable bonds is 7. The van der Waals surface area contributed by atoms with E-state index in [-0.39, 0.29) is 12.2 Å². The number of carbonyl (C=O) groups excluding carboxylic acids is 2. The van der Waals surface area contributed by atoms with Gasteiger partial charge in [0.1, 0.15) is 11.9 Å². The minimum atomic E-state index is -1.84. The van der Waals surface area contributed by atoms with Gasteiger partial charge in [0.15, 0.2) is 6.10 Å². The summed E-state index contributed by atoms with van der Waals surface area (Å²) in [6.07, 6.45) is -1.03. The molecule has 1 heterocycles. The molecule has 0 amide bonds. The zero-order valence-electron chi connectivity index (χ0n) is 18.7. The first-order valence-electron chi connectivity index (χ1n) is 10.8. The lowest BCUT2D eigenvalue weighted by molar-refractivity contribution is -0.247. The van der Waals surface area contributed by atoms with Crippen LogP contribution in [0.15, 0.2) is 72.5 Å². The topological polar surface area (TPSA) is 71.1 Å². The van der Waals surface area contributed by atoms with Crippen LogP contribution in [0.3, 0.4) is 0 Å². The monoisotopic (exact) mass is 526 g/mol. The Morgan fingerprint density at radius 3 is 1.88 bits per heavy atom. The average molecular weight is 528 g/mol. The van der Waals surface area contributed by atoms with E-state index in [1.165, 1.54) is 0 Å². The zero-order chi connectivity index (χ0) is 24.7. The molecular weight excluding hydrogens is 503 g/mol. The van der Waals surface area contributed by atoms with Gasteiger partial charge >= 0.3 is 11.9 Å². The van der Waals surface area contributed by atoms with Crippen LogP contribution in [0.4, 0.5) is 0 Å². The van der Waals surface area contributed by atoms with Gasteiger partial charge in [-0.15, -0.1) is 0 Å². The SMILES string of the molecule is CCC=C(OC1OC(C)C(OC(=O)c2ccccc2)CC1OC(=O)c1ccccc1)C(Cl)(Cl)Cl. The molecule has 3 rings (SSSR count). The Hall–Kier alpha value is -2.25. The number of hydrogen-bond acceptors (Lipinski definition) is 6. The molecule has 34 heavy (non-hydrogen) atoms. The number of halogens is 3. The lowest BCUT2D eigenvalue weighted by Gasteiger charge is -2.39. The summed E-state index contributed by atoms with van der Waals surface area (Å²) in [5.74, 6) is -1.04. The van der Waals surface area contributed by atoms with E-state index in [1.54, 1.807) is 73.7 Å². The molecule has 4 atom stereocenters. The maximum absolute atomic E-state index is 12.8. The van der Waals surface area contributed by atoms with Gasteiger partial charge in [-0.1, -0.05) is 78.1 Å². The largest absolute Gasteiger partial charge is 0.461 e. The standard InChI is InChI=1S/C25H25Cl3O6/c1-3-10-21(25(26,27)28)34-24-20(33-23(30)18-13-8-5-9-14-18)15-19(16(2)31-24)32-22(29)17-11-6-4-7-12-17/h4-14,16,19-20,24H,3,15H2,1-2H3. The molecule has 4 unspecified atom stereocenters. The van der Waals surface area contributed by atoms with Crippen LogP contribution in [0.5, 0.6) is 0 Å². The van der Waals surface area contributed by atoms with Gasteiger partial charge < -0.3 is 18.9 Å². The number of benzene rings is 2. The van der Waals surface area contributed by atoms with E-state index in [4.69, 9.17) is 53.8 Å². The molecule has 1 aliphatic heterocycles. The van der Waals surface area contributed by atoms with Gasteiger partial charge in [-0.05, 0) is 43.7 Å². The average Bonchev–Trinajstić information content (AvgIpc) is 2.82. The molecule has 2 aromatic carbocycles. The van der Waals surface area contributed by atoms with Crippen molar-refractivity contribution < 1.29 is 28.5 Å². The van der Waals surface area contributed by atoms with Crippen LogP contribution in [0.1, 0.15) is 47.4 Å². The van der Waals surface area contributed by atoms with Crippen molar-refractivity contribution in [2.24, 2.45) is 0 Å². The van der Waals surface area contributed by atoms with Crippen molar-refractivity contribution in [3.63, 3.8) is 0 Å². The molecular formula is C25H25Cl3O6. The summed E-state index contributed by atoms with van der Waals surface area (Å²) in [5, 5.41) is 0. The van der Waals surface area contributed by atoms with E-state index in [0.29, 0.717) is 17.5 Å². The molecule has 6 nitrogen and oxygen atoms in total. The summed E-state index contributed by atoms with van der Waals surface area (Å²) < 4.78 is 21.4. The molecule has 1 aliphatic rings. The molecule has 0 aromatic heterocycles. The first kappa shape index (κ1) is 26.4. The predicted molar refractivity (Wildman–Crippen MR) is 130 cm³/mol. The van der Waals surface area contributed by atoms with Crippen LogP contribution < -0.4 is 0 Å². The Labute approximate surface area is 213 Å². The Balaban J connectivity index is 1.81. The van der Waals surface area contributed by atoms with E-state index in [1.807, 2.05) is 6.92 Å². The molecule has 0 saturated carbocycles. The fourth-order valence-corrected chi connectivity index (χ4v) is 3.74. The van der Waals surface area contributed by atoms with E-state index in [9.17, 15) is 9.59 Å². The summed E-state index contributed by atoms with van der Waals surface area (Å²) >= 11 is 18.2. The van der Waals surface area contributed by atoms with E-state index >= 15 is 0 Å². The quantitative estimate of drug-likeness (QED) is 0.241. The molecule has 0 aliphatic carbocycles. The second-order valence-corrected chi connectivity index (χ2v) is 9.94. The van der Waals surface area contributed by atoms with Gasteiger partial charge in [0, 0.05) is 6.42 Å². The molecule has 2 aromatic rings. The second-order valence-electron chi connectivity index (χ2n) is 7.66. The number of alkyl halides is 3. The molecule has 9 heteroatoms. The highest BCUT2D eigenvalue weighted by Crippen LogP contribution is 2.38. The van der Waals surface area contributed by atoms with Crippen molar-refractivity contribution in [2.75, 3.05) is 0 Å². The fourth-order valence-electron chi connectivity index (χ4n) is 3.37. The Morgan fingerprint density at radius 2 is 1.41 bits per heavy atom. The van der Waals surface area contributed by atoms with Crippen LogP contribution in [0.2, 0.25) is 0 Å². The van der Waals surface area contributed by atoms with Gasteiger partial charge in [-0.2, -0.15) is 0 Å². The summed E-state index contributed by atoms with van der Waals surface area (Å²) in [6.45, 7) is 3.59. The van der Waals surface area contributed by atoms with Crippen molar-refractivity contribution in [3.05, 3.63) is 83.6 Å². The molecule has 182 valence electrons. The van der Waals surface area contributed by atoms with Gasteiger partial charge in [-0.3, -0.25) is 0 Å². The van der Waals surface area contributed by atoms with E-state index in [2.05, 4.69) is 0 Å². The maximum Gasteiger partial charge on any atom is 0.338 e. The first-order chi connectivity index (χ1) is 16.2. The molecule has 0 spiro atoms. The number of allylic oxidation sites excluding steroid dienone is 2. The minimum absolute atomic E-state index is 0.0534. The molecule has 1 saturated heterocycles. The van der Waals surface area contributed by atoms with Gasteiger partial charge in [-0.25, -0.2) is 9.59 Å². The highest BCUT2D eigenvalue weighted by Gasteiger charge is 2.44. The summed E-state index contributed by atoms with van der Waals surface area (Å²) in [4.78, 5) is 25.4. The van der Waals surface area contributed by atoms with Gasteiger partial charge in [0.2, 0.25) is 10.1 Å². The van der Waals surface area contributed by atoms with Crippen molar-refractivity contribution in [1.29, 1.82) is 0 Å². The van der Waals surface area contributed by atoms with Crippen LogP contribution in [0, 0.1) is 0 Å². The summed E-state index contributed by atoms with van der Waals surface area (Å²) in [7, 11) is 0. The third-order valence-corrected chi connectivity index (χ3v) is 5.65. The van der Waals surface area contributed by atoms with Crippen LogP contribution in [0.25, 0.3) is 0 Å². The van der Waals surface area contributed by atoms with E-state index in [0.717, 1.165) is 0 Å². The van der Waals surface area contributed by atoms with Crippen LogP contribution >= 0.6 is 34.8 Å². The number of esters is 2. The van der Waals surface area contributed by atoms with Gasteiger partial charge in [0.05, 0.1) is 17.2 Å². The number of ether oxygens (including phenoxy) is 4. The Morgan fingerprint density at radius 1 is 0.912 bits per heavy atom. The van der Waals surface area contributed by atoms with E-state index < -0.39 is 40.3 Å². The third-order valence-electron chi connectivity index (χ3n) is 5.09. The van der Waals surface area contributed by atoms with Crippen molar-refractivity contribution in [3.8, 4) is 0 Å². The highest BCUT2D eigenvalue weighted by atomic mass is 35.6. The number of carbonyl (C=O) groups is 2. The van der Waals surface area contributed by atoms with Crippen molar-refractivity contribution in [1.82, 2.24) is 0 Å². The lowest BCUT2D eigenvalue weighted by atomic mass is 10.0. The van der Waals surface area contributed by atoms with Gasteiger partial charge in [0.25, 0.3) is 0 Å². The third kappa shape index (κ3) is 7.12. The Kier molecular flexibility index (Phi) is 9.25. The molecule has 1 fully saturated rings. The molecule has 0 N–H and O–H groups in total. The van der Waals surface area contributed by atoms with Crippen molar-refractivity contribution in [2.45, 2.75) is 55.1 Å². The lowest BCUT2D eigenvalue weighted by Crippen LogP contribution is -2.50. The first-order valence-corrected chi connectivity index (χ1v) is 11.9. The summed E-state index contributed by atoms with van der Waals surface area (Å²) in [6, 6.07) is 17.1. The second kappa shape index (κ2) is 11.9.